The molecule has 112 valence electrons. The van der Waals surface area contributed by atoms with Gasteiger partial charge in [-0.2, -0.15) is 0 Å². The monoisotopic (exact) mass is 288 g/mol. The fraction of sp³-hybridized carbons (Fsp3) is 0.933. The molecule has 0 aromatic rings. The Bertz CT molecular complexity index is 275. The molecular weight excluding hydrogens is 260 g/mol. The summed E-state index contributed by atoms with van der Waals surface area (Å²) >= 11 is 0. The molecule has 0 aromatic heterocycles. The predicted molar refractivity (Wildman–Crippen MR) is 81.6 cm³/mol. The largest absolute Gasteiger partial charge is 0.346 e. The first kappa shape index (κ1) is 16.8. The van der Waals surface area contributed by atoms with Crippen molar-refractivity contribution in [1.82, 2.24) is 10.2 Å². The van der Waals surface area contributed by atoms with Gasteiger partial charge in [-0.15, -0.1) is 12.4 Å². The van der Waals surface area contributed by atoms with Gasteiger partial charge in [0.05, 0.1) is 0 Å². The van der Waals surface area contributed by atoms with Crippen molar-refractivity contribution in [2.45, 2.75) is 45.4 Å². The van der Waals surface area contributed by atoms with Crippen molar-refractivity contribution in [3.05, 3.63) is 0 Å². The Hall–Kier alpha value is -0.280. The van der Waals surface area contributed by atoms with Gasteiger partial charge in [0.25, 0.3) is 0 Å². The lowest BCUT2D eigenvalue weighted by atomic mass is 9.86. The predicted octanol–water partition coefficient (Wildman–Crippen LogP) is 2.69. The van der Waals surface area contributed by atoms with Crippen LogP contribution in [0.1, 0.15) is 45.4 Å². The van der Waals surface area contributed by atoms with Gasteiger partial charge in [0.15, 0.2) is 0 Å². The Morgan fingerprint density at radius 3 is 2.42 bits per heavy atom. The number of halogens is 1. The van der Waals surface area contributed by atoms with Crippen LogP contribution in [0.5, 0.6) is 0 Å². The van der Waals surface area contributed by atoms with Crippen LogP contribution >= 0.6 is 12.4 Å². The molecule has 3 nitrogen and oxygen atoms in total. The van der Waals surface area contributed by atoms with E-state index < -0.39 is 0 Å². The lowest BCUT2D eigenvalue weighted by molar-refractivity contribution is -0.136. The first-order valence-electron chi connectivity index (χ1n) is 7.64. The van der Waals surface area contributed by atoms with Gasteiger partial charge in [0, 0.05) is 19.5 Å². The van der Waals surface area contributed by atoms with Crippen molar-refractivity contribution in [1.29, 1.82) is 0 Å². The molecule has 1 saturated heterocycles. The van der Waals surface area contributed by atoms with E-state index in [9.17, 15) is 4.79 Å². The van der Waals surface area contributed by atoms with E-state index in [2.05, 4.69) is 12.2 Å². The molecule has 1 aliphatic heterocycles. The molecule has 1 unspecified atom stereocenters. The molecule has 1 heterocycles. The lowest BCUT2D eigenvalue weighted by Gasteiger charge is -2.34. The number of amides is 1. The van der Waals surface area contributed by atoms with Crippen LogP contribution in [0.3, 0.4) is 0 Å². The minimum Gasteiger partial charge on any atom is -0.346 e. The maximum absolute atomic E-state index is 12.2. The van der Waals surface area contributed by atoms with Crippen LogP contribution in [-0.2, 0) is 4.79 Å². The topological polar surface area (TPSA) is 32.3 Å². The smallest absolute Gasteiger partial charge is 0.225 e. The second-order valence-electron chi connectivity index (χ2n) is 6.26. The molecule has 2 rings (SSSR count). The summed E-state index contributed by atoms with van der Waals surface area (Å²) in [6, 6.07) is 0. The summed E-state index contributed by atoms with van der Waals surface area (Å²) in [5, 5.41) is 3.25. The third kappa shape index (κ3) is 4.64. The fourth-order valence-electron chi connectivity index (χ4n) is 3.18. The van der Waals surface area contributed by atoms with E-state index in [1.165, 1.54) is 38.5 Å². The van der Waals surface area contributed by atoms with Crippen LogP contribution in [0.15, 0.2) is 0 Å². The van der Waals surface area contributed by atoms with Gasteiger partial charge < -0.3 is 10.2 Å². The summed E-state index contributed by atoms with van der Waals surface area (Å²) in [4.78, 5) is 14.2. The molecule has 19 heavy (non-hydrogen) atoms. The fourth-order valence-corrected chi connectivity index (χ4v) is 3.18. The van der Waals surface area contributed by atoms with Crippen molar-refractivity contribution in [3.8, 4) is 0 Å². The second-order valence-corrected chi connectivity index (χ2v) is 6.26. The molecule has 0 bridgehead atoms. The van der Waals surface area contributed by atoms with Crippen LogP contribution in [-0.4, -0.2) is 37.5 Å². The Morgan fingerprint density at radius 2 is 1.89 bits per heavy atom. The van der Waals surface area contributed by atoms with E-state index in [0.717, 1.165) is 25.6 Å². The highest BCUT2D eigenvalue weighted by atomic mass is 35.5. The van der Waals surface area contributed by atoms with Crippen LogP contribution in [0, 0.1) is 17.8 Å². The summed E-state index contributed by atoms with van der Waals surface area (Å²) in [5.74, 6) is 1.98. The molecule has 2 aliphatic rings. The summed E-state index contributed by atoms with van der Waals surface area (Å²) in [5.41, 5.74) is 0. The number of nitrogens with one attached hydrogen (secondary N) is 1. The average molecular weight is 289 g/mol. The quantitative estimate of drug-likeness (QED) is 0.844. The van der Waals surface area contributed by atoms with Crippen LogP contribution in [0.2, 0.25) is 0 Å². The molecule has 1 saturated carbocycles. The van der Waals surface area contributed by atoms with Crippen LogP contribution < -0.4 is 5.32 Å². The molecule has 1 N–H and O–H groups in total. The Balaban J connectivity index is 0.00000180. The number of rotatable bonds is 5. The lowest BCUT2D eigenvalue weighted by Crippen LogP contribution is -2.50. The highest BCUT2D eigenvalue weighted by molar-refractivity contribution is 5.85. The molecule has 1 aliphatic carbocycles. The molecular formula is C15H29ClN2O. The minimum absolute atomic E-state index is 0. The highest BCUT2D eigenvalue weighted by Crippen LogP contribution is 2.26. The summed E-state index contributed by atoms with van der Waals surface area (Å²) in [7, 11) is 1.98. The molecule has 0 spiro atoms. The minimum atomic E-state index is 0. The molecule has 2 fully saturated rings. The average Bonchev–Trinajstić information content (AvgIpc) is 2.34. The molecule has 0 aromatic carbocycles. The van der Waals surface area contributed by atoms with Crippen molar-refractivity contribution in [2.24, 2.45) is 17.8 Å². The van der Waals surface area contributed by atoms with E-state index in [0.29, 0.717) is 11.8 Å². The van der Waals surface area contributed by atoms with E-state index in [-0.39, 0.29) is 18.3 Å². The van der Waals surface area contributed by atoms with E-state index >= 15 is 0 Å². The second kappa shape index (κ2) is 8.11. The van der Waals surface area contributed by atoms with Crippen molar-refractivity contribution in [2.75, 3.05) is 26.7 Å². The van der Waals surface area contributed by atoms with Crippen LogP contribution in [0.25, 0.3) is 0 Å². The van der Waals surface area contributed by atoms with Crippen molar-refractivity contribution >= 4 is 18.3 Å². The molecule has 1 atom stereocenters. The van der Waals surface area contributed by atoms with Gasteiger partial charge in [-0.05, 0) is 31.3 Å². The van der Waals surface area contributed by atoms with E-state index in [1.54, 1.807) is 0 Å². The standard InChI is InChI=1S/C15H28N2O.ClH/c1-12(14-10-16-11-14)15(18)17(2)9-8-13-6-4-3-5-7-13;/h12-14,16H,3-11H2,1-2H3;1H. The maximum atomic E-state index is 12.2. The zero-order valence-corrected chi connectivity index (χ0v) is 13.2. The van der Waals surface area contributed by atoms with Gasteiger partial charge in [-0.1, -0.05) is 39.0 Å². The normalized spacial score (nSPS) is 22.2. The maximum Gasteiger partial charge on any atom is 0.225 e. The first-order chi connectivity index (χ1) is 8.68. The number of hydrogen-bond acceptors (Lipinski definition) is 2. The Labute approximate surface area is 123 Å². The van der Waals surface area contributed by atoms with E-state index in [1.807, 2.05) is 11.9 Å². The van der Waals surface area contributed by atoms with Gasteiger partial charge in [-0.25, -0.2) is 0 Å². The SMILES string of the molecule is CC(C(=O)N(C)CCC1CCCCC1)C1CNC1.Cl. The zero-order chi connectivity index (χ0) is 13.0. The van der Waals surface area contributed by atoms with Gasteiger partial charge in [-0.3, -0.25) is 4.79 Å². The van der Waals surface area contributed by atoms with E-state index in [4.69, 9.17) is 0 Å². The van der Waals surface area contributed by atoms with Gasteiger partial charge in [0.1, 0.15) is 0 Å². The molecule has 1 amide bonds. The van der Waals surface area contributed by atoms with Crippen molar-refractivity contribution < 1.29 is 4.79 Å². The number of carbonyl (C=O) groups is 1. The number of hydrogen-bond donors (Lipinski definition) is 1. The van der Waals surface area contributed by atoms with Gasteiger partial charge >= 0.3 is 0 Å². The summed E-state index contributed by atoms with van der Waals surface area (Å²) in [6.07, 6.45) is 8.17. The van der Waals surface area contributed by atoms with Crippen molar-refractivity contribution in [3.63, 3.8) is 0 Å². The molecule has 4 heteroatoms. The Morgan fingerprint density at radius 1 is 1.26 bits per heavy atom. The Kier molecular flexibility index (Phi) is 7.16. The molecule has 0 radical (unpaired) electrons. The van der Waals surface area contributed by atoms with Crippen LogP contribution in [0.4, 0.5) is 0 Å². The number of carbonyl (C=O) groups excluding carboxylic acids is 1. The summed E-state index contributed by atoms with van der Waals surface area (Å²) < 4.78 is 0. The zero-order valence-electron chi connectivity index (χ0n) is 12.4. The third-order valence-electron chi connectivity index (χ3n) is 4.88. The third-order valence-corrected chi connectivity index (χ3v) is 4.88. The van der Waals surface area contributed by atoms with Gasteiger partial charge in [0.2, 0.25) is 5.91 Å². The number of nitrogens with zero attached hydrogens (tertiary/aromatic N) is 1. The highest BCUT2D eigenvalue weighted by Gasteiger charge is 2.30. The first-order valence-corrected chi connectivity index (χ1v) is 7.64. The summed E-state index contributed by atoms with van der Waals surface area (Å²) in [6.45, 7) is 5.08.